The van der Waals surface area contributed by atoms with Crippen LogP contribution in [-0.2, 0) is 26.4 Å². The second-order valence-corrected chi connectivity index (χ2v) is 10.5. The maximum atomic E-state index is 10.5. The number of phenols is 2. The summed E-state index contributed by atoms with van der Waals surface area (Å²) in [5.41, 5.74) is 5.71. The van der Waals surface area contributed by atoms with Gasteiger partial charge in [0.1, 0.15) is 11.5 Å². The van der Waals surface area contributed by atoms with E-state index in [9.17, 15) is 10.2 Å². The molecule has 1 aliphatic carbocycles. The van der Waals surface area contributed by atoms with Gasteiger partial charge in [0.15, 0.2) is 0 Å². The van der Waals surface area contributed by atoms with Crippen molar-refractivity contribution in [2.45, 2.75) is 98.6 Å². The molecule has 0 bridgehead atoms. The first-order valence-corrected chi connectivity index (χ1v) is 13.2. The Morgan fingerprint density at radius 1 is 0.775 bits per heavy atom. The zero-order valence-electron chi connectivity index (χ0n) is 24.7. The van der Waals surface area contributed by atoms with Gasteiger partial charge in [0.05, 0.1) is 12.1 Å². The van der Waals surface area contributed by atoms with E-state index in [1.807, 2.05) is 50.5 Å². The summed E-state index contributed by atoms with van der Waals surface area (Å²) in [5.74, 6) is -0.768. The summed E-state index contributed by atoms with van der Waals surface area (Å²) in [7, 11) is 0. The van der Waals surface area contributed by atoms with Gasteiger partial charge in [-0.1, -0.05) is 39.8 Å². The number of rotatable bonds is 6. The van der Waals surface area contributed by atoms with Gasteiger partial charge in [-0.05, 0) is 93.2 Å². The molecule has 0 heterocycles. The molecule has 1 fully saturated rings. The number of nitrogens with zero attached hydrogens (tertiary/aromatic N) is 2. The number of benzene rings is 2. The van der Waals surface area contributed by atoms with Crippen molar-refractivity contribution in [3.8, 4) is 11.5 Å². The van der Waals surface area contributed by atoms with Crippen LogP contribution >= 0.6 is 0 Å². The van der Waals surface area contributed by atoms with Gasteiger partial charge >= 0.3 is 16.8 Å². The van der Waals surface area contributed by atoms with E-state index in [1.165, 1.54) is 11.1 Å². The van der Waals surface area contributed by atoms with E-state index in [2.05, 4.69) is 27.7 Å². The monoisotopic (exact) mass is 597 g/mol. The van der Waals surface area contributed by atoms with Crippen LogP contribution in [0.4, 0.5) is 0 Å². The number of carbonyl (C=O) groups is 2. The Morgan fingerprint density at radius 3 is 1.35 bits per heavy atom. The molecular formula is C31H42CoN2O6. The molecular weight excluding hydrogens is 555 g/mol. The van der Waals surface area contributed by atoms with E-state index in [0.29, 0.717) is 23.3 Å². The molecule has 1 aliphatic rings. The van der Waals surface area contributed by atoms with Crippen molar-refractivity contribution in [1.82, 2.24) is 0 Å². The largest absolute Gasteiger partial charge is 2.00 e. The molecule has 8 nitrogen and oxygen atoms in total. The standard InChI is InChI=1S/C27H36N2O2.2C2H4O2.Co/c1-16(2)20-10-18(5)26(30)22(12-20)14-28-24-8-7-9-25(24)29-15-23-13-21(17(3)4)11-19(6)27(23)31;2*1-2(3)4;/h10-17,24-25,30-31H,7-9H2,1-6H3;2*1H3,(H,3,4);/q;;;+2/p-2. The van der Waals surface area contributed by atoms with Crippen LogP contribution in [0.2, 0.25) is 0 Å². The minimum atomic E-state index is -1.08. The van der Waals surface area contributed by atoms with Crippen molar-refractivity contribution in [1.29, 1.82) is 0 Å². The molecule has 2 aromatic rings. The Bertz CT molecular complexity index is 1090. The van der Waals surface area contributed by atoms with Gasteiger partial charge in [0.25, 0.3) is 0 Å². The van der Waals surface area contributed by atoms with E-state index in [1.54, 1.807) is 0 Å². The van der Waals surface area contributed by atoms with Crippen molar-refractivity contribution in [3.63, 3.8) is 0 Å². The first-order chi connectivity index (χ1) is 18.1. The summed E-state index contributed by atoms with van der Waals surface area (Å²) >= 11 is 0. The van der Waals surface area contributed by atoms with E-state index < -0.39 is 11.9 Å². The molecule has 0 aliphatic heterocycles. The van der Waals surface area contributed by atoms with Crippen molar-refractivity contribution >= 4 is 24.4 Å². The number of hydrogen-bond acceptors (Lipinski definition) is 8. The molecule has 2 unspecified atom stereocenters. The predicted octanol–water partition coefficient (Wildman–Crippen LogP) is 3.93. The molecule has 9 heteroatoms. The third-order valence-electron chi connectivity index (χ3n) is 6.29. The first kappa shape index (κ1) is 36.8. The summed E-state index contributed by atoms with van der Waals surface area (Å²) in [6.45, 7) is 14.4. The molecule has 0 aromatic heterocycles. The van der Waals surface area contributed by atoms with Crippen LogP contribution in [0, 0.1) is 13.8 Å². The van der Waals surface area contributed by atoms with Crippen LogP contribution in [0.5, 0.6) is 11.5 Å². The number of carboxylic acids is 2. The van der Waals surface area contributed by atoms with Gasteiger partial charge < -0.3 is 30.0 Å². The topological polar surface area (TPSA) is 145 Å². The molecule has 0 spiro atoms. The van der Waals surface area contributed by atoms with Gasteiger partial charge in [-0.2, -0.15) is 0 Å². The van der Waals surface area contributed by atoms with Crippen LogP contribution in [0.1, 0.15) is 106 Å². The number of carboxylic acid groups (broad SMARTS) is 2. The molecule has 2 aromatic carbocycles. The fourth-order valence-corrected chi connectivity index (χ4v) is 4.16. The number of aliphatic imine (C=N–C) groups is 2. The molecule has 2 atom stereocenters. The summed E-state index contributed by atoms with van der Waals surface area (Å²) < 4.78 is 0. The summed E-state index contributed by atoms with van der Waals surface area (Å²) in [6, 6.07) is 8.33. The van der Waals surface area contributed by atoms with Crippen LogP contribution in [0.25, 0.3) is 0 Å². The number of aryl methyl sites for hydroxylation is 2. The van der Waals surface area contributed by atoms with Gasteiger partial charge in [0.2, 0.25) is 0 Å². The molecule has 1 saturated carbocycles. The quantitative estimate of drug-likeness (QED) is 0.483. The van der Waals surface area contributed by atoms with Gasteiger partial charge in [-0.25, -0.2) is 0 Å². The Morgan fingerprint density at radius 2 is 1.07 bits per heavy atom. The second kappa shape index (κ2) is 17.5. The van der Waals surface area contributed by atoms with Crippen molar-refractivity contribution in [2.75, 3.05) is 0 Å². The van der Waals surface area contributed by atoms with Crippen molar-refractivity contribution in [3.05, 3.63) is 57.6 Å². The van der Waals surface area contributed by atoms with E-state index in [-0.39, 0.29) is 28.9 Å². The van der Waals surface area contributed by atoms with Gasteiger partial charge in [-0.15, -0.1) is 0 Å². The third-order valence-corrected chi connectivity index (χ3v) is 6.29. The molecule has 2 N–H and O–H groups in total. The molecule has 3 rings (SSSR count). The maximum absolute atomic E-state index is 10.5. The zero-order valence-corrected chi connectivity index (χ0v) is 25.7. The molecule has 0 amide bonds. The number of hydrogen-bond donors (Lipinski definition) is 2. The van der Waals surface area contributed by atoms with Crippen LogP contribution in [-0.4, -0.2) is 46.7 Å². The predicted molar refractivity (Wildman–Crippen MR) is 152 cm³/mol. The third kappa shape index (κ3) is 12.3. The van der Waals surface area contributed by atoms with Crippen molar-refractivity contribution in [2.24, 2.45) is 9.98 Å². The number of aromatic hydroxyl groups is 2. The van der Waals surface area contributed by atoms with Gasteiger partial charge in [-0.3, -0.25) is 9.98 Å². The van der Waals surface area contributed by atoms with Gasteiger partial charge in [0, 0.05) is 35.5 Å². The van der Waals surface area contributed by atoms with E-state index in [4.69, 9.17) is 29.8 Å². The second-order valence-electron chi connectivity index (χ2n) is 10.5. The minimum absolute atomic E-state index is 0. The number of aliphatic carboxylic acids is 2. The Balaban J connectivity index is 0.00000149. The SMILES string of the molecule is CC(=O)[O-].CC(=O)[O-].Cc1cc(C(C)C)cc(C=NC2CCCC2N=Cc2cc(C(C)C)cc(C)c2O)c1O.[Co+2]. The zero-order chi connectivity index (χ0) is 29.9. The molecule has 1 radical (unpaired) electrons. The normalized spacial score (nSPS) is 16.4. The molecule has 40 heavy (non-hydrogen) atoms. The minimum Gasteiger partial charge on any atom is -0.550 e. The summed E-state index contributed by atoms with van der Waals surface area (Å²) in [4.78, 5) is 27.4. The summed E-state index contributed by atoms with van der Waals surface area (Å²) in [5, 5.41) is 38.7. The average Bonchev–Trinajstić information content (AvgIpc) is 3.27. The smallest absolute Gasteiger partial charge is 0.550 e. The fraction of sp³-hybridized carbons (Fsp3) is 0.484. The fourth-order valence-electron chi connectivity index (χ4n) is 4.16. The number of phenolic OH excluding ortho intramolecular Hbond substituents is 2. The number of carbonyl (C=O) groups excluding carboxylic acids is 2. The molecule has 221 valence electrons. The summed E-state index contributed by atoms with van der Waals surface area (Å²) in [6.07, 6.45) is 6.68. The Labute approximate surface area is 248 Å². The first-order valence-electron chi connectivity index (χ1n) is 13.2. The Kier molecular flexibility index (Phi) is 16.1. The Hall–Kier alpha value is -3.17. The van der Waals surface area contributed by atoms with Crippen LogP contribution in [0.15, 0.2) is 34.3 Å². The van der Waals surface area contributed by atoms with E-state index >= 15 is 0 Å². The maximum Gasteiger partial charge on any atom is 2.00 e. The van der Waals surface area contributed by atoms with Crippen molar-refractivity contribution < 1.29 is 46.8 Å². The molecule has 0 saturated heterocycles. The average molecular weight is 598 g/mol. The van der Waals surface area contributed by atoms with Crippen LogP contribution in [0.3, 0.4) is 0 Å². The van der Waals surface area contributed by atoms with Crippen LogP contribution < -0.4 is 10.2 Å². The van der Waals surface area contributed by atoms with E-state index in [0.717, 1.165) is 55.4 Å².